The number of nitrogens with zero attached hydrogens (tertiary/aromatic N) is 1. The zero-order chi connectivity index (χ0) is 20.0. The molecule has 1 atom stereocenters. The van der Waals surface area contributed by atoms with E-state index in [1.807, 2.05) is 31.2 Å². The van der Waals surface area contributed by atoms with Crippen molar-refractivity contribution in [1.82, 2.24) is 5.32 Å². The van der Waals surface area contributed by atoms with Crippen LogP contribution in [0.3, 0.4) is 0 Å². The number of esters is 1. The molecule has 0 aliphatic heterocycles. The summed E-state index contributed by atoms with van der Waals surface area (Å²) in [5, 5.41) is 14.0. The van der Waals surface area contributed by atoms with Crippen molar-refractivity contribution in [2.24, 2.45) is 0 Å². The maximum Gasteiger partial charge on any atom is 0.308 e. The Morgan fingerprint density at radius 1 is 1.15 bits per heavy atom. The van der Waals surface area contributed by atoms with Gasteiger partial charge in [0.1, 0.15) is 5.56 Å². The lowest BCUT2D eigenvalue weighted by Crippen LogP contribution is -2.31. The summed E-state index contributed by atoms with van der Waals surface area (Å²) in [6.07, 6.45) is -0.0671. The summed E-state index contributed by atoms with van der Waals surface area (Å²) in [6, 6.07) is 11.2. The Kier molecular flexibility index (Phi) is 6.65. The van der Waals surface area contributed by atoms with Crippen LogP contribution in [0.5, 0.6) is 0 Å². The Hall–Kier alpha value is -3.22. The number of nitro benzene ring substituents is 1. The van der Waals surface area contributed by atoms with Crippen molar-refractivity contribution in [3.63, 3.8) is 0 Å². The van der Waals surface area contributed by atoms with Crippen molar-refractivity contribution in [1.29, 1.82) is 0 Å². The van der Waals surface area contributed by atoms with Gasteiger partial charge in [-0.2, -0.15) is 0 Å². The van der Waals surface area contributed by atoms with Crippen molar-refractivity contribution in [2.45, 2.75) is 33.2 Å². The van der Waals surface area contributed by atoms with Gasteiger partial charge in [0.25, 0.3) is 11.6 Å². The van der Waals surface area contributed by atoms with Crippen LogP contribution in [0.1, 0.15) is 46.4 Å². The van der Waals surface area contributed by atoms with Gasteiger partial charge in [-0.15, -0.1) is 0 Å². The molecule has 7 heteroatoms. The lowest BCUT2D eigenvalue weighted by Gasteiger charge is -2.19. The van der Waals surface area contributed by atoms with E-state index in [1.165, 1.54) is 12.1 Å². The zero-order valence-corrected chi connectivity index (χ0v) is 15.5. The third-order valence-electron chi connectivity index (χ3n) is 4.14. The van der Waals surface area contributed by atoms with Gasteiger partial charge < -0.3 is 10.1 Å². The van der Waals surface area contributed by atoms with Crippen molar-refractivity contribution in [2.75, 3.05) is 6.61 Å². The Morgan fingerprint density at radius 3 is 2.41 bits per heavy atom. The average Bonchev–Trinajstić information content (AvgIpc) is 2.61. The van der Waals surface area contributed by atoms with Crippen molar-refractivity contribution < 1.29 is 19.2 Å². The number of nitro groups is 1. The number of aryl methyl sites for hydroxylation is 2. The lowest BCUT2D eigenvalue weighted by molar-refractivity contribution is -0.385. The summed E-state index contributed by atoms with van der Waals surface area (Å²) in [4.78, 5) is 35.5. The molecule has 0 unspecified atom stereocenters. The fourth-order valence-electron chi connectivity index (χ4n) is 2.77. The first-order valence-electron chi connectivity index (χ1n) is 8.60. The summed E-state index contributed by atoms with van der Waals surface area (Å²) < 4.78 is 4.99. The molecule has 0 aromatic heterocycles. The molecule has 1 amide bonds. The standard InChI is InChI=1S/C20H22N2O5/c1-4-27-18(23)12-16(15-10-8-13(2)9-11-15)21-20(24)19-14(3)6-5-7-17(19)22(25)26/h5-11,16H,4,12H2,1-3H3,(H,21,24)/t16-/m0/s1. The number of rotatable bonds is 7. The first-order valence-corrected chi connectivity index (χ1v) is 8.60. The third kappa shape index (κ3) is 5.13. The highest BCUT2D eigenvalue weighted by Gasteiger charge is 2.26. The number of nitrogens with one attached hydrogen (secondary N) is 1. The van der Waals surface area contributed by atoms with Gasteiger partial charge >= 0.3 is 5.97 Å². The number of carbonyl (C=O) groups excluding carboxylic acids is 2. The smallest absolute Gasteiger partial charge is 0.308 e. The Bertz CT molecular complexity index is 846. The predicted octanol–water partition coefficient (Wildman–Crippen LogP) is 3.64. The minimum Gasteiger partial charge on any atom is -0.466 e. The summed E-state index contributed by atoms with van der Waals surface area (Å²) in [6.45, 7) is 5.50. The van der Waals surface area contributed by atoms with Crippen LogP contribution in [0.25, 0.3) is 0 Å². The van der Waals surface area contributed by atoms with E-state index >= 15 is 0 Å². The highest BCUT2D eigenvalue weighted by molar-refractivity contribution is 6.00. The summed E-state index contributed by atoms with van der Waals surface area (Å²) in [5.41, 5.74) is 1.96. The molecule has 27 heavy (non-hydrogen) atoms. The second-order valence-corrected chi connectivity index (χ2v) is 6.17. The predicted molar refractivity (Wildman–Crippen MR) is 100 cm³/mol. The third-order valence-corrected chi connectivity index (χ3v) is 4.14. The molecular formula is C20H22N2O5. The Balaban J connectivity index is 2.35. The minimum absolute atomic E-state index is 0.0107. The maximum atomic E-state index is 12.8. The molecule has 2 aromatic carbocycles. The maximum absolute atomic E-state index is 12.8. The average molecular weight is 370 g/mol. The fraction of sp³-hybridized carbons (Fsp3) is 0.300. The number of carbonyl (C=O) groups is 2. The van der Waals surface area contributed by atoms with Gasteiger partial charge in [0.15, 0.2) is 0 Å². The van der Waals surface area contributed by atoms with Gasteiger partial charge in [-0.05, 0) is 31.9 Å². The van der Waals surface area contributed by atoms with E-state index in [0.29, 0.717) is 5.56 Å². The van der Waals surface area contributed by atoms with E-state index in [0.717, 1.165) is 11.1 Å². The molecule has 0 spiro atoms. The summed E-state index contributed by atoms with van der Waals surface area (Å²) in [7, 11) is 0. The Morgan fingerprint density at radius 2 is 1.81 bits per heavy atom. The number of amides is 1. The molecule has 0 saturated heterocycles. The highest BCUT2D eigenvalue weighted by atomic mass is 16.6. The lowest BCUT2D eigenvalue weighted by atomic mass is 10.0. The second-order valence-electron chi connectivity index (χ2n) is 6.17. The topological polar surface area (TPSA) is 98.5 Å². The van der Waals surface area contributed by atoms with Gasteiger partial charge in [-0.25, -0.2) is 0 Å². The van der Waals surface area contributed by atoms with Crippen LogP contribution in [-0.4, -0.2) is 23.4 Å². The largest absolute Gasteiger partial charge is 0.466 e. The quantitative estimate of drug-likeness (QED) is 0.456. The van der Waals surface area contributed by atoms with E-state index in [-0.39, 0.29) is 24.3 Å². The van der Waals surface area contributed by atoms with E-state index in [1.54, 1.807) is 19.9 Å². The normalized spacial score (nSPS) is 11.5. The van der Waals surface area contributed by atoms with Crippen LogP contribution in [0.2, 0.25) is 0 Å². The Labute approximate surface area is 157 Å². The van der Waals surface area contributed by atoms with Gasteiger partial charge in [0.05, 0.1) is 24.0 Å². The van der Waals surface area contributed by atoms with Gasteiger partial charge in [0.2, 0.25) is 0 Å². The first kappa shape index (κ1) is 20.1. The number of benzene rings is 2. The molecule has 1 N–H and O–H groups in total. The summed E-state index contributed by atoms with van der Waals surface area (Å²) >= 11 is 0. The van der Waals surface area contributed by atoms with Crippen molar-refractivity contribution in [3.05, 3.63) is 74.8 Å². The number of ether oxygens (including phenoxy) is 1. The van der Waals surface area contributed by atoms with E-state index in [4.69, 9.17) is 4.74 Å². The molecule has 0 bridgehead atoms. The molecule has 0 saturated carbocycles. The van der Waals surface area contributed by atoms with E-state index in [9.17, 15) is 19.7 Å². The van der Waals surface area contributed by atoms with E-state index in [2.05, 4.69) is 5.32 Å². The van der Waals surface area contributed by atoms with E-state index < -0.39 is 22.8 Å². The van der Waals surface area contributed by atoms with Crippen LogP contribution < -0.4 is 5.32 Å². The van der Waals surface area contributed by atoms with Crippen LogP contribution in [-0.2, 0) is 9.53 Å². The van der Waals surface area contributed by atoms with Crippen LogP contribution >= 0.6 is 0 Å². The molecule has 0 aliphatic rings. The number of hydrogen-bond acceptors (Lipinski definition) is 5. The molecule has 0 fully saturated rings. The van der Waals surface area contributed by atoms with Gasteiger partial charge in [0, 0.05) is 6.07 Å². The molecular weight excluding hydrogens is 348 g/mol. The summed E-state index contributed by atoms with van der Waals surface area (Å²) in [5.74, 6) is -1.06. The monoisotopic (exact) mass is 370 g/mol. The van der Waals surface area contributed by atoms with Crippen LogP contribution in [0.4, 0.5) is 5.69 Å². The molecule has 7 nitrogen and oxygen atoms in total. The minimum atomic E-state index is -0.656. The molecule has 0 aliphatic carbocycles. The molecule has 0 heterocycles. The SMILES string of the molecule is CCOC(=O)C[C@H](NC(=O)c1c(C)cccc1[N+](=O)[O-])c1ccc(C)cc1. The van der Waals surface area contributed by atoms with Crippen molar-refractivity contribution in [3.8, 4) is 0 Å². The molecule has 2 rings (SSSR count). The van der Waals surface area contributed by atoms with Gasteiger partial charge in [-0.1, -0.05) is 42.0 Å². The molecule has 0 radical (unpaired) electrons. The van der Waals surface area contributed by atoms with Gasteiger partial charge in [-0.3, -0.25) is 19.7 Å². The van der Waals surface area contributed by atoms with Crippen LogP contribution in [0.15, 0.2) is 42.5 Å². The zero-order valence-electron chi connectivity index (χ0n) is 15.5. The first-order chi connectivity index (χ1) is 12.8. The fourth-order valence-corrected chi connectivity index (χ4v) is 2.77. The second kappa shape index (κ2) is 8.93. The highest BCUT2D eigenvalue weighted by Crippen LogP contribution is 2.24. The molecule has 2 aromatic rings. The van der Waals surface area contributed by atoms with Crippen LogP contribution in [0, 0.1) is 24.0 Å². The number of hydrogen-bond donors (Lipinski definition) is 1. The van der Waals surface area contributed by atoms with Crippen molar-refractivity contribution >= 4 is 17.6 Å². The molecule has 142 valence electrons.